The fourth-order valence-corrected chi connectivity index (χ4v) is 3.78. The first-order chi connectivity index (χ1) is 16.4. The average Bonchev–Trinajstić information content (AvgIpc) is 3.41. The van der Waals surface area contributed by atoms with Gasteiger partial charge in [-0.15, -0.1) is 0 Å². The minimum atomic E-state index is -0.699. The van der Waals surface area contributed by atoms with Crippen LogP contribution in [0.1, 0.15) is 36.5 Å². The molecule has 1 aromatic carbocycles. The van der Waals surface area contributed by atoms with Crippen LogP contribution in [-0.2, 0) is 25.9 Å². The number of nitrogens with one attached hydrogen (secondary N) is 1. The second-order valence-corrected chi connectivity index (χ2v) is 8.03. The van der Waals surface area contributed by atoms with Crippen molar-refractivity contribution < 1.29 is 18.4 Å². The third kappa shape index (κ3) is 5.07. The Morgan fingerprint density at radius 2 is 1.88 bits per heavy atom. The second-order valence-electron chi connectivity index (χ2n) is 7.67. The van der Waals surface area contributed by atoms with Crippen LogP contribution in [-0.4, -0.2) is 41.0 Å². The van der Waals surface area contributed by atoms with Gasteiger partial charge in [0.1, 0.15) is 11.6 Å². The molecule has 3 aromatic heterocycles. The molecule has 4 rings (SSSR count). The van der Waals surface area contributed by atoms with Crippen LogP contribution in [0.3, 0.4) is 0 Å². The molecule has 0 amide bonds. The Balaban J connectivity index is 1.47. The molecule has 0 bridgehead atoms. The minimum Gasteiger partial charge on any atom is -0.396 e. The number of aliphatic hydroxyl groups is 1. The largest absolute Gasteiger partial charge is 0.396 e. The third-order valence-electron chi connectivity index (χ3n) is 5.27. The summed E-state index contributed by atoms with van der Waals surface area (Å²) >= 11 is 5.92. The number of nitrogens with zero attached hydrogens (tertiary/aromatic N) is 5. The topological polar surface area (TPSA) is 132 Å². The van der Waals surface area contributed by atoms with Crippen molar-refractivity contribution in [3.8, 4) is 0 Å². The smallest absolute Gasteiger partial charge is 0.332 e. The fourth-order valence-electron chi connectivity index (χ4n) is 3.61. The van der Waals surface area contributed by atoms with Crippen molar-refractivity contribution in [1.29, 1.82) is 0 Å². The van der Waals surface area contributed by atoms with Gasteiger partial charge in [-0.25, -0.2) is 13.6 Å². The van der Waals surface area contributed by atoms with Gasteiger partial charge in [-0.3, -0.25) is 13.9 Å². The first kappa shape index (κ1) is 23.8. The Bertz CT molecular complexity index is 1430. The van der Waals surface area contributed by atoms with Crippen LogP contribution in [0.15, 0.2) is 32.3 Å². The molecule has 0 spiro atoms. The highest BCUT2D eigenvalue weighted by Crippen LogP contribution is 2.14. The number of aromatic amines is 1. The lowest BCUT2D eigenvalue weighted by molar-refractivity contribution is 0.281. The number of aromatic nitrogens is 6. The first-order valence-electron chi connectivity index (χ1n) is 10.6. The van der Waals surface area contributed by atoms with Crippen LogP contribution in [0.2, 0.25) is 5.28 Å². The van der Waals surface area contributed by atoms with E-state index in [1.165, 1.54) is 10.6 Å². The predicted octanol–water partition coefficient (Wildman–Crippen LogP) is 2.20. The van der Waals surface area contributed by atoms with E-state index in [9.17, 15) is 18.4 Å². The van der Waals surface area contributed by atoms with Crippen LogP contribution < -0.4 is 11.2 Å². The normalized spacial score (nSPS) is 11.5. The Labute approximate surface area is 195 Å². The molecule has 34 heavy (non-hydrogen) atoms. The molecule has 0 aliphatic rings. The number of aryl methyl sites for hydroxylation is 2. The molecule has 0 atom stereocenters. The lowest BCUT2D eigenvalue weighted by Gasteiger charge is -2.10. The van der Waals surface area contributed by atoms with E-state index in [-0.39, 0.29) is 66.3 Å². The van der Waals surface area contributed by atoms with Gasteiger partial charge in [0.05, 0.1) is 0 Å². The molecule has 180 valence electrons. The van der Waals surface area contributed by atoms with E-state index < -0.39 is 22.9 Å². The first-order valence-corrected chi connectivity index (χ1v) is 11.0. The van der Waals surface area contributed by atoms with Crippen LogP contribution in [0.25, 0.3) is 11.2 Å². The van der Waals surface area contributed by atoms with Crippen molar-refractivity contribution in [1.82, 2.24) is 29.2 Å². The molecular formula is C21H21ClF2N6O4. The highest BCUT2D eigenvalue weighted by Gasteiger charge is 2.17. The zero-order valence-electron chi connectivity index (χ0n) is 17.9. The van der Waals surface area contributed by atoms with Gasteiger partial charge in [0.15, 0.2) is 17.0 Å². The highest BCUT2D eigenvalue weighted by molar-refractivity contribution is 6.28. The van der Waals surface area contributed by atoms with Gasteiger partial charge >= 0.3 is 5.69 Å². The van der Waals surface area contributed by atoms with E-state index in [2.05, 4.69) is 20.1 Å². The summed E-state index contributed by atoms with van der Waals surface area (Å²) in [5.74, 6) is -0.874. The molecule has 0 unspecified atom stereocenters. The summed E-state index contributed by atoms with van der Waals surface area (Å²) in [4.78, 5) is 36.7. The Morgan fingerprint density at radius 1 is 1.09 bits per heavy atom. The minimum absolute atomic E-state index is 0.00358. The number of hydrogen-bond acceptors (Lipinski definition) is 7. The Hall–Kier alpha value is -3.38. The fraction of sp³-hybridized carbons (Fsp3) is 0.381. The SMILES string of the molecule is O=c1c2[nH]c(Cl)nc2n(CCCCO)c(=O)n1CCCc1nc(Cc2ccc(F)cc2F)no1. The van der Waals surface area contributed by atoms with E-state index in [4.69, 9.17) is 21.2 Å². The predicted molar refractivity (Wildman–Crippen MR) is 118 cm³/mol. The lowest BCUT2D eigenvalue weighted by Crippen LogP contribution is -2.40. The summed E-state index contributed by atoms with van der Waals surface area (Å²) in [7, 11) is 0. The number of hydrogen-bond donors (Lipinski definition) is 2. The van der Waals surface area contributed by atoms with Crippen molar-refractivity contribution >= 4 is 22.8 Å². The van der Waals surface area contributed by atoms with Crippen LogP contribution in [0, 0.1) is 11.6 Å². The molecule has 2 N–H and O–H groups in total. The number of imidazole rings is 1. The quantitative estimate of drug-likeness (QED) is 0.255. The molecule has 0 saturated carbocycles. The van der Waals surface area contributed by atoms with Crippen molar-refractivity contribution in [2.75, 3.05) is 6.61 Å². The van der Waals surface area contributed by atoms with E-state index in [1.807, 2.05) is 0 Å². The van der Waals surface area contributed by atoms with Gasteiger partial charge in [-0.2, -0.15) is 9.97 Å². The molecule has 0 saturated heterocycles. The Kier molecular flexibility index (Phi) is 7.17. The zero-order chi connectivity index (χ0) is 24.2. The number of benzene rings is 1. The summed E-state index contributed by atoms with van der Waals surface area (Å²) in [6.07, 6.45) is 1.66. The standard InChI is InChI=1S/C21H21ClF2N6O4/c22-20-26-17-18(27-20)29(7-1-2-9-31)21(33)30(19(17)32)8-3-4-16-25-15(28-34-16)10-12-5-6-13(23)11-14(12)24/h5-6,11,31H,1-4,7-10H2,(H,26,27). The molecule has 3 heterocycles. The van der Waals surface area contributed by atoms with Crippen molar-refractivity contribution in [2.45, 2.75) is 45.2 Å². The number of aliphatic hydroxyl groups excluding tert-OH is 1. The van der Waals surface area contributed by atoms with Crippen molar-refractivity contribution in [3.05, 3.63) is 73.2 Å². The van der Waals surface area contributed by atoms with E-state index >= 15 is 0 Å². The maximum Gasteiger partial charge on any atom is 0.332 e. The van der Waals surface area contributed by atoms with Crippen molar-refractivity contribution in [3.63, 3.8) is 0 Å². The number of rotatable bonds is 10. The maximum atomic E-state index is 13.8. The number of halogens is 3. The zero-order valence-corrected chi connectivity index (χ0v) is 18.7. The molecule has 4 aromatic rings. The number of fused-ring (bicyclic) bond motifs is 1. The molecular weight excluding hydrogens is 474 g/mol. The molecule has 0 aliphatic heterocycles. The monoisotopic (exact) mass is 494 g/mol. The summed E-state index contributed by atoms with van der Waals surface area (Å²) < 4.78 is 34.5. The molecule has 0 radical (unpaired) electrons. The molecule has 0 aliphatic carbocycles. The van der Waals surface area contributed by atoms with E-state index in [0.717, 1.165) is 16.7 Å². The molecule has 13 heteroatoms. The van der Waals surface area contributed by atoms with Crippen LogP contribution in [0.5, 0.6) is 0 Å². The number of unbranched alkanes of at least 4 members (excludes halogenated alkanes) is 1. The number of H-pyrrole nitrogens is 1. The summed E-state index contributed by atoms with van der Waals surface area (Å²) in [5, 5.41) is 12.8. The summed E-state index contributed by atoms with van der Waals surface area (Å²) in [6.45, 7) is 0.331. The second kappa shape index (κ2) is 10.3. The van der Waals surface area contributed by atoms with Gasteiger partial charge in [0, 0.05) is 38.6 Å². The summed E-state index contributed by atoms with van der Waals surface area (Å²) in [6, 6.07) is 3.25. The van der Waals surface area contributed by atoms with Gasteiger partial charge in [-0.1, -0.05) is 11.2 Å². The third-order valence-corrected chi connectivity index (χ3v) is 5.45. The van der Waals surface area contributed by atoms with Crippen molar-refractivity contribution in [2.24, 2.45) is 0 Å². The van der Waals surface area contributed by atoms with E-state index in [1.54, 1.807) is 0 Å². The van der Waals surface area contributed by atoms with E-state index in [0.29, 0.717) is 19.3 Å². The molecule has 0 fully saturated rings. The summed E-state index contributed by atoms with van der Waals surface area (Å²) in [5.41, 5.74) is -0.556. The van der Waals surface area contributed by atoms with Gasteiger partial charge < -0.3 is 14.6 Å². The van der Waals surface area contributed by atoms with Gasteiger partial charge in [0.2, 0.25) is 11.2 Å². The van der Waals surface area contributed by atoms with Gasteiger partial charge in [0.25, 0.3) is 5.56 Å². The van der Waals surface area contributed by atoms with Crippen LogP contribution >= 0.6 is 11.6 Å². The Morgan fingerprint density at radius 3 is 2.65 bits per heavy atom. The maximum absolute atomic E-state index is 13.8. The lowest BCUT2D eigenvalue weighted by atomic mass is 10.1. The average molecular weight is 495 g/mol. The molecule has 10 nitrogen and oxygen atoms in total. The van der Waals surface area contributed by atoms with Gasteiger partial charge in [-0.05, 0) is 42.5 Å². The van der Waals surface area contributed by atoms with Crippen LogP contribution in [0.4, 0.5) is 8.78 Å². The highest BCUT2D eigenvalue weighted by atomic mass is 35.5.